The fourth-order valence-corrected chi connectivity index (χ4v) is 11.2. The Balaban J connectivity index is 1.23. The van der Waals surface area contributed by atoms with E-state index in [1.54, 1.807) is 0 Å². The molecule has 0 amide bonds. The molecule has 0 saturated heterocycles. The van der Waals surface area contributed by atoms with Gasteiger partial charge in [0.05, 0.1) is 6.10 Å². The first-order valence-corrected chi connectivity index (χ1v) is 15.9. The number of rotatable bonds is 8. The van der Waals surface area contributed by atoms with E-state index < -0.39 is 0 Å². The highest BCUT2D eigenvalue weighted by Crippen LogP contribution is 2.70. The van der Waals surface area contributed by atoms with E-state index in [9.17, 15) is 0 Å². The zero-order valence-electron chi connectivity index (χ0n) is 25.1. The van der Waals surface area contributed by atoms with Crippen LogP contribution in [0.5, 0.6) is 0 Å². The van der Waals surface area contributed by atoms with Crippen molar-refractivity contribution >= 4 is 11.4 Å². The number of benzene rings is 1. The molecule has 0 aliphatic heterocycles. The summed E-state index contributed by atoms with van der Waals surface area (Å²) in [5.74, 6) is 5.23. The highest BCUT2D eigenvalue weighted by atomic mass is 16.5. The highest BCUT2D eigenvalue weighted by molar-refractivity contribution is 5.54. The molecule has 3 nitrogen and oxygen atoms in total. The van der Waals surface area contributed by atoms with Crippen LogP contribution in [0.4, 0.5) is 11.4 Å². The summed E-state index contributed by atoms with van der Waals surface area (Å²) in [6.45, 7) is 17.8. The Morgan fingerprint density at radius 1 is 0.921 bits per heavy atom. The summed E-state index contributed by atoms with van der Waals surface area (Å²) in [5, 5.41) is 0. The van der Waals surface area contributed by atoms with Crippen molar-refractivity contribution in [2.45, 2.75) is 111 Å². The fourth-order valence-electron chi connectivity index (χ4n) is 11.2. The van der Waals surface area contributed by atoms with Gasteiger partial charge in [-0.15, -0.1) is 6.58 Å². The third-order valence-corrected chi connectivity index (χ3v) is 12.8. The quantitative estimate of drug-likeness (QED) is 0.205. The lowest BCUT2D eigenvalue weighted by atomic mass is 9.41. The number of aryl methyl sites for hydroxylation is 1. The van der Waals surface area contributed by atoms with Crippen LogP contribution in [0.2, 0.25) is 0 Å². The molecule has 3 heteroatoms. The van der Waals surface area contributed by atoms with Crippen LogP contribution in [0.1, 0.15) is 104 Å². The van der Waals surface area contributed by atoms with Crippen LogP contribution in [-0.4, -0.2) is 12.7 Å². The zero-order chi connectivity index (χ0) is 27.3. The minimum absolute atomic E-state index is 0.233. The molecular formula is C35H56N2O. The number of anilines is 2. The zero-order valence-corrected chi connectivity index (χ0v) is 25.1. The molecule has 0 spiro atoms. The lowest BCUT2D eigenvalue weighted by molar-refractivity contribution is -0.190. The Morgan fingerprint density at radius 2 is 1.61 bits per heavy atom. The van der Waals surface area contributed by atoms with Crippen LogP contribution >= 0.6 is 0 Å². The second-order valence-electron chi connectivity index (χ2n) is 15.1. The van der Waals surface area contributed by atoms with E-state index in [0.29, 0.717) is 16.9 Å². The standard InChI is InChI=1S/C35H56N2O/c1-7-9-23(2)28-12-13-29-27-11-14-31-33(3,4)32(16-18-35(31,6)30(27)15-17-34(28,29)5)38-19-8-10-24-20-25(36)22-26(37)21-24/h7,20-23,27-32H,1,8-19,36-37H2,2-6H3/t23-,27+,28-,29+,30+,31?,32?,34-,35-/m1/s1. The van der Waals surface area contributed by atoms with Gasteiger partial charge in [0.2, 0.25) is 0 Å². The largest absolute Gasteiger partial charge is 0.399 e. The number of allylic oxidation sites excluding steroid dienone is 1. The molecule has 4 N–H and O–H groups in total. The maximum absolute atomic E-state index is 6.69. The maximum Gasteiger partial charge on any atom is 0.0629 e. The van der Waals surface area contributed by atoms with E-state index in [2.05, 4.69) is 47.3 Å². The first-order chi connectivity index (χ1) is 18.0. The number of ether oxygens (including phenoxy) is 1. The summed E-state index contributed by atoms with van der Waals surface area (Å²) in [4.78, 5) is 0. The van der Waals surface area contributed by atoms with Gasteiger partial charge in [-0.25, -0.2) is 0 Å². The number of hydrogen-bond donors (Lipinski definition) is 2. The Kier molecular flexibility index (Phi) is 7.75. The van der Waals surface area contributed by atoms with Gasteiger partial charge in [-0.1, -0.05) is 40.7 Å². The van der Waals surface area contributed by atoms with E-state index in [-0.39, 0.29) is 5.41 Å². The van der Waals surface area contributed by atoms with E-state index in [4.69, 9.17) is 16.2 Å². The molecule has 4 saturated carbocycles. The summed E-state index contributed by atoms with van der Waals surface area (Å²) >= 11 is 0. The first kappa shape index (κ1) is 28.1. The minimum Gasteiger partial charge on any atom is -0.399 e. The van der Waals surface area contributed by atoms with E-state index in [0.717, 1.165) is 66.3 Å². The van der Waals surface area contributed by atoms with Crippen molar-refractivity contribution < 1.29 is 4.74 Å². The molecule has 1 aromatic rings. The molecule has 4 aliphatic carbocycles. The summed E-state index contributed by atoms with van der Waals surface area (Å²) in [6, 6.07) is 5.93. The van der Waals surface area contributed by atoms with Crippen LogP contribution in [0, 0.1) is 51.8 Å². The van der Waals surface area contributed by atoms with Crippen molar-refractivity contribution in [3.8, 4) is 0 Å². The number of nitrogens with two attached hydrogens (primary N) is 2. The minimum atomic E-state index is 0.233. The van der Waals surface area contributed by atoms with Gasteiger partial charge < -0.3 is 16.2 Å². The Hall–Kier alpha value is -1.48. The third kappa shape index (κ3) is 4.73. The van der Waals surface area contributed by atoms with Gasteiger partial charge in [-0.2, -0.15) is 0 Å². The van der Waals surface area contributed by atoms with Crippen molar-refractivity contribution in [1.29, 1.82) is 0 Å². The van der Waals surface area contributed by atoms with Crippen molar-refractivity contribution in [2.75, 3.05) is 18.1 Å². The molecule has 5 rings (SSSR count). The molecule has 0 radical (unpaired) electrons. The van der Waals surface area contributed by atoms with Gasteiger partial charge in [-0.05, 0) is 146 Å². The average Bonchev–Trinajstić information content (AvgIpc) is 3.20. The molecule has 2 unspecified atom stereocenters. The smallest absolute Gasteiger partial charge is 0.0629 e. The average molecular weight is 521 g/mol. The summed E-state index contributed by atoms with van der Waals surface area (Å²) in [7, 11) is 0. The SMILES string of the molecule is C=CC[C@@H](C)[C@H]1CC[C@H]2[C@@H]3CCC4C(C)(C)C(OCCCc5cc(N)cc(N)c5)CC[C@]4(C)[C@H]3CC[C@]12C. The Bertz CT molecular complexity index is 981. The van der Waals surface area contributed by atoms with Crippen molar-refractivity contribution in [2.24, 2.45) is 51.8 Å². The lowest BCUT2D eigenvalue weighted by Crippen LogP contribution is -2.59. The lowest BCUT2D eigenvalue weighted by Gasteiger charge is -2.65. The van der Waals surface area contributed by atoms with Crippen LogP contribution in [0.15, 0.2) is 30.9 Å². The Morgan fingerprint density at radius 3 is 2.32 bits per heavy atom. The van der Waals surface area contributed by atoms with Crippen molar-refractivity contribution in [3.05, 3.63) is 36.4 Å². The second-order valence-corrected chi connectivity index (χ2v) is 15.1. The fraction of sp³-hybridized carbons (Fsp3) is 0.771. The topological polar surface area (TPSA) is 61.3 Å². The molecule has 1 aromatic carbocycles. The van der Waals surface area contributed by atoms with E-state index >= 15 is 0 Å². The van der Waals surface area contributed by atoms with Crippen LogP contribution in [-0.2, 0) is 11.2 Å². The molecule has 0 aromatic heterocycles. The maximum atomic E-state index is 6.69. The van der Waals surface area contributed by atoms with Crippen molar-refractivity contribution in [1.82, 2.24) is 0 Å². The first-order valence-electron chi connectivity index (χ1n) is 15.9. The highest BCUT2D eigenvalue weighted by Gasteiger charge is 2.63. The van der Waals surface area contributed by atoms with Gasteiger partial charge in [0.15, 0.2) is 0 Å². The number of hydrogen-bond acceptors (Lipinski definition) is 3. The van der Waals surface area contributed by atoms with Crippen LogP contribution in [0.25, 0.3) is 0 Å². The van der Waals surface area contributed by atoms with Gasteiger partial charge in [0, 0.05) is 18.0 Å². The third-order valence-electron chi connectivity index (χ3n) is 12.8. The van der Waals surface area contributed by atoms with Gasteiger partial charge in [-0.3, -0.25) is 0 Å². The normalized spacial score (nSPS) is 40.6. The van der Waals surface area contributed by atoms with Gasteiger partial charge >= 0.3 is 0 Å². The molecule has 0 heterocycles. The second kappa shape index (κ2) is 10.5. The molecule has 0 bridgehead atoms. The van der Waals surface area contributed by atoms with Crippen LogP contribution < -0.4 is 11.5 Å². The number of nitrogen functional groups attached to an aromatic ring is 2. The molecule has 212 valence electrons. The van der Waals surface area contributed by atoms with E-state index in [1.807, 2.05) is 18.2 Å². The summed E-state index contributed by atoms with van der Waals surface area (Å²) in [5.41, 5.74) is 16.0. The molecule has 9 atom stereocenters. The molecular weight excluding hydrogens is 464 g/mol. The predicted molar refractivity (Wildman–Crippen MR) is 162 cm³/mol. The summed E-state index contributed by atoms with van der Waals surface area (Å²) in [6.07, 6.45) is 16.9. The van der Waals surface area contributed by atoms with Gasteiger partial charge in [0.1, 0.15) is 0 Å². The monoisotopic (exact) mass is 520 g/mol. The van der Waals surface area contributed by atoms with E-state index in [1.165, 1.54) is 63.4 Å². The molecule has 4 aliphatic rings. The molecule has 4 fully saturated rings. The van der Waals surface area contributed by atoms with Crippen molar-refractivity contribution in [3.63, 3.8) is 0 Å². The van der Waals surface area contributed by atoms with Crippen LogP contribution in [0.3, 0.4) is 0 Å². The molecule has 38 heavy (non-hydrogen) atoms. The van der Waals surface area contributed by atoms with Gasteiger partial charge in [0.25, 0.3) is 0 Å². The predicted octanol–water partition coefficient (Wildman–Crippen LogP) is 8.68. The Labute approximate surface area is 233 Å². The number of fused-ring (bicyclic) bond motifs is 5. The summed E-state index contributed by atoms with van der Waals surface area (Å²) < 4.78 is 6.69.